The van der Waals surface area contributed by atoms with Crippen LogP contribution in [0.1, 0.15) is 0 Å². The molecule has 2 heteroatoms. The molecule has 1 aromatic heterocycles. The molecule has 0 spiro atoms. The lowest BCUT2D eigenvalue weighted by atomic mass is 9.92. The SMILES string of the molecule is c1ccc2c(c1)Sc1ccc(-c3ccc(-c4ccccc4-c4cccc5c4ccc4ccccc45)o3)c3cccc-2c13. The van der Waals surface area contributed by atoms with Crippen molar-refractivity contribution in [2.45, 2.75) is 9.79 Å². The highest BCUT2D eigenvalue weighted by Crippen LogP contribution is 2.50. The van der Waals surface area contributed by atoms with Crippen LogP contribution in [0.3, 0.4) is 0 Å². The van der Waals surface area contributed by atoms with Crippen molar-refractivity contribution in [2.75, 3.05) is 0 Å². The van der Waals surface area contributed by atoms with E-state index in [0.717, 1.165) is 22.6 Å². The molecule has 7 aromatic carbocycles. The number of fused-ring (bicyclic) bond motifs is 5. The predicted molar refractivity (Wildman–Crippen MR) is 177 cm³/mol. The Morgan fingerprint density at radius 3 is 1.90 bits per heavy atom. The Balaban J connectivity index is 1.19. The zero-order valence-electron chi connectivity index (χ0n) is 22.7. The van der Waals surface area contributed by atoms with E-state index in [9.17, 15) is 0 Å². The normalized spacial score (nSPS) is 12.2. The molecule has 1 aliphatic rings. The summed E-state index contributed by atoms with van der Waals surface area (Å²) in [5.41, 5.74) is 7.19. The molecule has 0 radical (unpaired) electrons. The first-order valence-electron chi connectivity index (χ1n) is 14.3. The van der Waals surface area contributed by atoms with E-state index in [4.69, 9.17) is 4.42 Å². The minimum atomic E-state index is 0.874. The first-order chi connectivity index (χ1) is 20.8. The fraction of sp³-hybridized carbons (Fsp3) is 0. The van der Waals surface area contributed by atoms with Crippen LogP contribution in [0.5, 0.6) is 0 Å². The lowest BCUT2D eigenvalue weighted by Gasteiger charge is -2.21. The van der Waals surface area contributed by atoms with Crippen molar-refractivity contribution in [1.29, 1.82) is 0 Å². The summed E-state index contributed by atoms with van der Waals surface area (Å²) in [7, 11) is 0. The Labute approximate surface area is 248 Å². The van der Waals surface area contributed by atoms with Gasteiger partial charge in [0, 0.05) is 26.3 Å². The second kappa shape index (κ2) is 9.24. The molecule has 0 bridgehead atoms. The molecule has 0 unspecified atom stereocenters. The van der Waals surface area contributed by atoms with Crippen LogP contribution in [0.25, 0.3) is 77.2 Å². The highest BCUT2D eigenvalue weighted by atomic mass is 32.2. The third-order valence-corrected chi connectivity index (χ3v) is 9.68. The minimum Gasteiger partial charge on any atom is -0.456 e. The molecule has 0 atom stereocenters. The average molecular weight is 553 g/mol. The summed E-state index contributed by atoms with van der Waals surface area (Å²) >= 11 is 1.85. The van der Waals surface area contributed by atoms with E-state index in [1.165, 1.54) is 64.4 Å². The zero-order valence-corrected chi connectivity index (χ0v) is 23.5. The first-order valence-corrected chi connectivity index (χ1v) is 15.1. The summed E-state index contributed by atoms with van der Waals surface area (Å²) in [5, 5.41) is 7.58. The van der Waals surface area contributed by atoms with Crippen LogP contribution in [0.15, 0.2) is 160 Å². The third-order valence-electron chi connectivity index (χ3n) is 8.54. The average Bonchev–Trinajstić information content (AvgIpc) is 3.55. The van der Waals surface area contributed by atoms with E-state index in [1.807, 2.05) is 11.8 Å². The van der Waals surface area contributed by atoms with Crippen LogP contribution >= 0.6 is 11.8 Å². The smallest absolute Gasteiger partial charge is 0.135 e. The molecule has 1 nitrogen and oxygen atoms in total. The van der Waals surface area contributed by atoms with Crippen molar-refractivity contribution in [3.05, 3.63) is 146 Å². The highest BCUT2D eigenvalue weighted by Gasteiger charge is 2.22. The molecular formula is C40H24OS. The number of benzene rings is 7. The van der Waals surface area contributed by atoms with Crippen LogP contribution < -0.4 is 0 Å². The van der Waals surface area contributed by atoms with Gasteiger partial charge in [0.1, 0.15) is 11.5 Å². The molecule has 0 N–H and O–H groups in total. The van der Waals surface area contributed by atoms with Gasteiger partial charge in [-0.05, 0) is 79.5 Å². The molecule has 0 aliphatic carbocycles. The molecule has 42 heavy (non-hydrogen) atoms. The maximum absolute atomic E-state index is 6.70. The van der Waals surface area contributed by atoms with Crippen molar-refractivity contribution in [1.82, 2.24) is 0 Å². The fourth-order valence-electron chi connectivity index (χ4n) is 6.63. The maximum Gasteiger partial charge on any atom is 0.135 e. The number of hydrogen-bond donors (Lipinski definition) is 0. The summed E-state index contributed by atoms with van der Waals surface area (Å²) in [4.78, 5) is 2.60. The zero-order chi connectivity index (χ0) is 27.6. The summed E-state index contributed by atoms with van der Waals surface area (Å²) in [6.07, 6.45) is 0. The van der Waals surface area contributed by atoms with E-state index >= 15 is 0 Å². The van der Waals surface area contributed by atoms with Crippen LogP contribution in [0.4, 0.5) is 0 Å². The van der Waals surface area contributed by atoms with Crippen molar-refractivity contribution in [3.63, 3.8) is 0 Å². The second-order valence-corrected chi connectivity index (χ2v) is 11.9. The van der Waals surface area contributed by atoms with Gasteiger partial charge in [-0.15, -0.1) is 0 Å². The molecular weight excluding hydrogens is 529 g/mol. The van der Waals surface area contributed by atoms with E-state index in [-0.39, 0.29) is 0 Å². The monoisotopic (exact) mass is 552 g/mol. The molecule has 1 aliphatic heterocycles. The van der Waals surface area contributed by atoms with Gasteiger partial charge in [-0.25, -0.2) is 0 Å². The Bertz CT molecular complexity index is 2340. The molecule has 196 valence electrons. The van der Waals surface area contributed by atoms with E-state index in [0.29, 0.717) is 0 Å². The molecule has 9 rings (SSSR count). The van der Waals surface area contributed by atoms with Gasteiger partial charge in [-0.2, -0.15) is 0 Å². The first kappa shape index (κ1) is 23.6. The van der Waals surface area contributed by atoms with Gasteiger partial charge in [0.15, 0.2) is 0 Å². The maximum atomic E-state index is 6.70. The Morgan fingerprint density at radius 2 is 1.00 bits per heavy atom. The summed E-state index contributed by atoms with van der Waals surface area (Å²) in [5.74, 6) is 1.76. The largest absolute Gasteiger partial charge is 0.456 e. The molecule has 0 fully saturated rings. The van der Waals surface area contributed by atoms with Gasteiger partial charge < -0.3 is 4.42 Å². The third kappa shape index (κ3) is 3.52. The molecule has 8 aromatic rings. The number of rotatable bonds is 3. The predicted octanol–water partition coefficient (Wildman–Crippen LogP) is 11.9. The molecule has 0 saturated carbocycles. The van der Waals surface area contributed by atoms with Crippen LogP contribution in [0.2, 0.25) is 0 Å². The quantitative estimate of drug-likeness (QED) is 0.202. The highest BCUT2D eigenvalue weighted by molar-refractivity contribution is 7.99. The Morgan fingerprint density at radius 1 is 0.333 bits per heavy atom. The molecule has 2 heterocycles. The number of furan rings is 1. The van der Waals surface area contributed by atoms with Crippen LogP contribution in [0, 0.1) is 0 Å². The van der Waals surface area contributed by atoms with Gasteiger partial charge in [0.2, 0.25) is 0 Å². The fourth-order valence-corrected chi connectivity index (χ4v) is 7.76. The number of hydrogen-bond acceptors (Lipinski definition) is 2. The van der Waals surface area contributed by atoms with Crippen LogP contribution in [-0.4, -0.2) is 0 Å². The van der Waals surface area contributed by atoms with Crippen molar-refractivity contribution in [3.8, 4) is 44.9 Å². The van der Waals surface area contributed by atoms with Gasteiger partial charge in [-0.1, -0.05) is 127 Å². The Kier molecular flexibility index (Phi) is 5.20. The minimum absolute atomic E-state index is 0.874. The lowest BCUT2D eigenvalue weighted by molar-refractivity contribution is 0.598. The van der Waals surface area contributed by atoms with E-state index < -0.39 is 0 Å². The van der Waals surface area contributed by atoms with E-state index in [1.54, 1.807) is 0 Å². The van der Waals surface area contributed by atoms with Gasteiger partial charge in [0.25, 0.3) is 0 Å². The van der Waals surface area contributed by atoms with Crippen LogP contribution in [-0.2, 0) is 0 Å². The van der Waals surface area contributed by atoms with Gasteiger partial charge in [0.05, 0.1) is 0 Å². The second-order valence-electron chi connectivity index (χ2n) is 10.8. The molecule has 0 amide bonds. The molecule has 0 saturated heterocycles. The van der Waals surface area contributed by atoms with Gasteiger partial charge >= 0.3 is 0 Å². The topological polar surface area (TPSA) is 13.1 Å². The summed E-state index contributed by atoms with van der Waals surface area (Å²) in [6, 6.07) is 52.3. The lowest BCUT2D eigenvalue weighted by Crippen LogP contribution is -1.93. The standard InChI is InChI=1S/C40H24OS/c1-2-10-26-25(9-1)19-20-30-27(26)14-7-15-28(30)29-11-3-4-12-31(29)36-22-23-37(41-36)32-21-24-39-40-34(32)16-8-17-35(40)33-13-5-6-18-38(33)42-39/h1-24H. The van der Waals surface area contributed by atoms with Gasteiger partial charge in [-0.3, -0.25) is 0 Å². The van der Waals surface area contributed by atoms with Crippen molar-refractivity contribution in [2.24, 2.45) is 0 Å². The van der Waals surface area contributed by atoms with Crippen molar-refractivity contribution < 1.29 is 4.42 Å². The Hall–Kier alpha value is -5.05. The summed E-state index contributed by atoms with van der Waals surface area (Å²) < 4.78 is 6.70. The summed E-state index contributed by atoms with van der Waals surface area (Å²) in [6.45, 7) is 0. The van der Waals surface area contributed by atoms with E-state index in [2.05, 4.69) is 146 Å². The van der Waals surface area contributed by atoms with Crippen molar-refractivity contribution >= 4 is 44.1 Å².